The number of hydrogen-bond donors (Lipinski definition) is 2. The van der Waals surface area contributed by atoms with E-state index in [9.17, 15) is 4.79 Å². The Hall–Kier alpha value is -0.570. The Kier molecular flexibility index (Phi) is 3.06. The average molecular weight is 197 g/mol. The van der Waals surface area contributed by atoms with E-state index in [0.717, 1.165) is 19.4 Å². The molecule has 0 radical (unpaired) electrons. The smallest absolute Gasteiger partial charge is 0.308 e. The summed E-state index contributed by atoms with van der Waals surface area (Å²) >= 11 is 0. The van der Waals surface area contributed by atoms with Crippen LogP contribution in [0.25, 0.3) is 0 Å². The van der Waals surface area contributed by atoms with E-state index in [2.05, 4.69) is 5.32 Å². The molecule has 0 spiro atoms. The number of piperidine rings is 1. The summed E-state index contributed by atoms with van der Waals surface area (Å²) in [5, 5.41) is 12.5. The fourth-order valence-corrected chi connectivity index (χ4v) is 3.00. The van der Waals surface area contributed by atoms with Crippen LogP contribution in [-0.4, -0.2) is 23.7 Å². The summed E-state index contributed by atoms with van der Waals surface area (Å²) < 4.78 is 0. The highest BCUT2D eigenvalue weighted by atomic mass is 16.4. The van der Waals surface area contributed by atoms with Crippen molar-refractivity contribution >= 4 is 5.97 Å². The molecule has 2 aliphatic rings. The Morgan fingerprint density at radius 2 is 1.86 bits per heavy atom. The average Bonchev–Trinajstić information content (AvgIpc) is 2.70. The van der Waals surface area contributed by atoms with Crippen molar-refractivity contribution in [1.29, 1.82) is 0 Å². The van der Waals surface area contributed by atoms with Crippen LogP contribution in [0.5, 0.6) is 0 Å². The van der Waals surface area contributed by atoms with Gasteiger partial charge in [0.1, 0.15) is 0 Å². The summed E-state index contributed by atoms with van der Waals surface area (Å²) in [6.07, 6.45) is 6.90. The van der Waals surface area contributed by atoms with Crippen LogP contribution in [0.2, 0.25) is 0 Å². The number of carbonyl (C=O) groups is 1. The molecule has 2 fully saturated rings. The van der Waals surface area contributed by atoms with Gasteiger partial charge in [-0.15, -0.1) is 0 Å². The van der Waals surface area contributed by atoms with E-state index in [1.54, 1.807) is 0 Å². The topological polar surface area (TPSA) is 49.3 Å². The molecule has 14 heavy (non-hydrogen) atoms. The SMILES string of the molecule is O=C(O)C1CCCNC1C1CCCC1. The van der Waals surface area contributed by atoms with Crippen LogP contribution in [0.3, 0.4) is 0 Å². The number of carboxylic acids is 1. The molecule has 0 aromatic heterocycles. The largest absolute Gasteiger partial charge is 0.481 e. The number of carboxylic acid groups (broad SMARTS) is 1. The second-order valence-electron chi connectivity index (χ2n) is 4.61. The van der Waals surface area contributed by atoms with Crippen molar-refractivity contribution in [1.82, 2.24) is 5.32 Å². The summed E-state index contributed by atoms with van der Waals surface area (Å²) in [5.41, 5.74) is 0. The Labute approximate surface area is 84.9 Å². The van der Waals surface area contributed by atoms with Crippen molar-refractivity contribution in [3.05, 3.63) is 0 Å². The zero-order valence-corrected chi connectivity index (χ0v) is 8.54. The van der Waals surface area contributed by atoms with E-state index < -0.39 is 5.97 Å². The van der Waals surface area contributed by atoms with Crippen molar-refractivity contribution in [2.45, 2.75) is 44.6 Å². The molecule has 0 bridgehead atoms. The Balaban J connectivity index is 2.01. The fourth-order valence-electron chi connectivity index (χ4n) is 3.00. The first-order valence-corrected chi connectivity index (χ1v) is 5.75. The highest BCUT2D eigenvalue weighted by molar-refractivity contribution is 5.71. The zero-order chi connectivity index (χ0) is 9.97. The van der Waals surface area contributed by atoms with Gasteiger partial charge in [0, 0.05) is 6.04 Å². The molecule has 1 aliphatic heterocycles. The summed E-state index contributed by atoms with van der Waals surface area (Å²) in [7, 11) is 0. The third kappa shape index (κ3) is 1.92. The van der Waals surface area contributed by atoms with Gasteiger partial charge in [-0.05, 0) is 38.1 Å². The zero-order valence-electron chi connectivity index (χ0n) is 8.54. The van der Waals surface area contributed by atoms with Crippen LogP contribution in [0.4, 0.5) is 0 Å². The summed E-state index contributed by atoms with van der Waals surface area (Å²) in [4.78, 5) is 11.1. The quantitative estimate of drug-likeness (QED) is 0.707. The minimum absolute atomic E-state index is 0.133. The lowest BCUT2D eigenvalue weighted by atomic mass is 9.82. The number of rotatable bonds is 2. The highest BCUT2D eigenvalue weighted by Crippen LogP contribution is 2.33. The molecule has 1 saturated heterocycles. The molecule has 1 aliphatic carbocycles. The molecule has 80 valence electrons. The van der Waals surface area contributed by atoms with E-state index >= 15 is 0 Å². The van der Waals surface area contributed by atoms with Gasteiger partial charge in [-0.3, -0.25) is 4.79 Å². The normalized spacial score (nSPS) is 34.6. The van der Waals surface area contributed by atoms with Gasteiger partial charge in [0.2, 0.25) is 0 Å². The summed E-state index contributed by atoms with van der Waals surface area (Å²) in [6, 6.07) is 0.253. The first-order chi connectivity index (χ1) is 6.79. The van der Waals surface area contributed by atoms with Gasteiger partial charge in [-0.25, -0.2) is 0 Å². The van der Waals surface area contributed by atoms with Crippen LogP contribution in [0, 0.1) is 11.8 Å². The first-order valence-electron chi connectivity index (χ1n) is 5.75. The lowest BCUT2D eigenvalue weighted by Crippen LogP contribution is -2.48. The molecular formula is C11H19NO2. The molecule has 0 amide bonds. The second-order valence-corrected chi connectivity index (χ2v) is 4.61. The molecule has 3 nitrogen and oxygen atoms in total. The van der Waals surface area contributed by atoms with E-state index in [1.807, 2.05) is 0 Å². The monoisotopic (exact) mass is 197 g/mol. The summed E-state index contributed by atoms with van der Waals surface area (Å²) in [5.74, 6) is -0.114. The van der Waals surface area contributed by atoms with Crippen molar-refractivity contribution < 1.29 is 9.90 Å². The molecule has 2 unspecified atom stereocenters. The minimum Gasteiger partial charge on any atom is -0.481 e. The maximum atomic E-state index is 11.1. The van der Waals surface area contributed by atoms with Crippen LogP contribution in [0.15, 0.2) is 0 Å². The lowest BCUT2D eigenvalue weighted by molar-refractivity contribution is -0.144. The van der Waals surface area contributed by atoms with Gasteiger partial charge in [0.15, 0.2) is 0 Å². The molecule has 3 heteroatoms. The minimum atomic E-state index is -0.603. The van der Waals surface area contributed by atoms with Crippen LogP contribution in [-0.2, 0) is 4.79 Å². The van der Waals surface area contributed by atoms with Gasteiger partial charge in [-0.2, -0.15) is 0 Å². The van der Waals surface area contributed by atoms with Crippen molar-refractivity contribution in [2.75, 3.05) is 6.54 Å². The molecule has 0 aromatic rings. The molecule has 2 atom stereocenters. The maximum Gasteiger partial charge on any atom is 0.308 e. The molecule has 2 N–H and O–H groups in total. The molecule has 0 aromatic carbocycles. The van der Waals surface area contributed by atoms with Gasteiger partial charge < -0.3 is 10.4 Å². The maximum absolute atomic E-state index is 11.1. The molecule has 1 heterocycles. The van der Waals surface area contributed by atoms with Crippen molar-refractivity contribution in [3.8, 4) is 0 Å². The van der Waals surface area contributed by atoms with Gasteiger partial charge in [0.25, 0.3) is 0 Å². The number of aliphatic carboxylic acids is 1. The van der Waals surface area contributed by atoms with E-state index in [0.29, 0.717) is 5.92 Å². The second kappa shape index (κ2) is 4.30. The fraction of sp³-hybridized carbons (Fsp3) is 0.909. The Bertz CT molecular complexity index is 211. The standard InChI is InChI=1S/C11H19NO2/c13-11(14)9-6-3-7-12-10(9)8-4-1-2-5-8/h8-10,12H,1-7H2,(H,13,14). The van der Waals surface area contributed by atoms with Crippen LogP contribution in [0.1, 0.15) is 38.5 Å². The van der Waals surface area contributed by atoms with Gasteiger partial charge >= 0.3 is 5.97 Å². The highest BCUT2D eigenvalue weighted by Gasteiger charge is 2.36. The molecule has 2 rings (SSSR count). The number of nitrogens with one attached hydrogen (secondary N) is 1. The van der Waals surface area contributed by atoms with E-state index in [-0.39, 0.29) is 12.0 Å². The van der Waals surface area contributed by atoms with Crippen molar-refractivity contribution in [2.24, 2.45) is 11.8 Å². The predicted octanol–water partition coefficient (Wildman–Crippen LogP) is 1.63. The van der Waals surface area contributed by atoms with Crippen LogP contribution >= 0.6 is 0 Å². The predicted molar refractivity (Wildman–Crippen MR) is 54.1 cm³/mol. The third-order valence-electron chi connectivity index (χ3n) is 3.73. The summed E-state index contributed by atoms with van der Waals surface area (Å²) in [6.45, 7) is 1.00. The Morgan fingerprint density at radius 3 is 2.50 bits per heavy atom. The molecular weight excluding hydrogens is 178 g/mol. The molecule has 1 saturated carbocycles. The first kappa shape index (κ1) is 9.97. The van der Waals surface area contributed by atoms with Crippen molar-refractivity contribution in [3.63, 3.8) is 0 Å². The third-order valence-corrected chi connectivity index (χ3v) is 3.73. The number of hydrogen-bond acceptors (Lipinski definition) is 2. The Morgan fingerprint density at radius 1 is 1.14 bits per heavy atom. The lowest BCUT2D eigenvalue weighted by Gasteiger charge is -2.34. The van der Waals surface area contributed by atoms with Gasteiger partial charge in [0.05, 0.1) is 5.92 Å². The van der Waals surface area contributed by atoms with E-state index in [1.165, 1.54) is 25.7 Å². The van der Waals surface area contributed by atoms with E-state index in [4.69, 9.17) is 5.11 Å². The van der Waals surface area contributed by atoms with Gasteiger partial charge in [-0.1, -0.05) is 12.8 Å². The van der Waals surface area contributed by atoms with Crippen LogP contribution < -0.4 is 5.32 Å².